The molecule has 0 unspecified atom stereocenters. The van der Waals surface area contributed by atoms with Crippen LogP contribution in [0.15, 0.2) is 40.8 Å². The Bertz CT molecular complexity index is 917. The molecule has 0 aliphatic carbocycles. The summed E-state index contributed by atoms with van der Waals surface area (Å²) in [4.78, 5) is 12.5. The number of furan rings is 1. The van der Waals surface area contributed by atoms with E-state index in [1.165, 1.54) is 7.11 Å². The highest BCUT2D eigenvalue weighted by atomic mass is 35.5. The van der Waals surface area contributed by atoms with E-state index in [-0.39, 0.29) is 11.7 Å². The van der Waals surface area contributed by atoms with E-state index in [1.54, 1.807) is 43.5 Å². The van der Waals surface area contributed by atoms with Crippen molar-refractivity contribution in [1.82, 2.24) is 0 Å². The molecular weight excluding hydrogens is 330 g/mol. The third-order valence-electron chi connectivity index (χ3n) is 3.75. The monoisotopic (exact) mass is 345 g/mol. The molecule has 0 bridgehead atoms. The van der Waals surface area contributed by atoms with Crippen LogP contribution < -0.4 is 14.8 Å². The molecule has 24 heavy (non-hydrogen) atoms. The van der Waals surface area contributed by atoms with Gasteiger partial charge in [-0.3, -0.25) is 4.79 Å². The van der Waals surface area contributed by atoms with Gasteiger partial charge < -0.3 is 19.2 Å². The molecule has 124 valence electrons. The Morgan fingerprint density at radius 2 is 1.83 bits per heavy atom. The highest BCUT2D eigenvalue weighted by Crippen LogP contribution is 2.31. The lowest BCUT2D eigenvalue weighted by Crippen LogP contribution is -2.12. The van der Waals surface area contributed by atoms with E-state index in [9.17, 15) is 4.79 Å². The number of aryl methyl sites for hydroxylation is 1. The molecule has 3 aromatic rings. The molecule has 2 aromatic carbocycles. The van der Waals surface area contributed by atoms with Crippen molar-refractivity contribution in [1.29, 1.82) is 0 Å². The van der Waals surface area contributed by atoms with E-state index in [0.717, 1.165) is 10.9 Å². The highest BCUT2D eigenvalue weighted by molar-refractivity contribution is 6.31. The van der Waals surface area contributed by atoms with Gasteiger partial charge in [-0.15, -0.1) is 0 Å². The molecule has 1 heterocycles. The van der Waals surface area contributed by atoms with E-state index in [0.29, 0.717) is 27.8 Å². The van der Waals surface area contributed by atoms with Gasteiger partial charge in [0, 0.05) is 27.7 Å². The second-order valence-electron chi connectivity index (χ2n) is 5.22. The first-order valence-corrected chi connectivity index (χ1v) is 7.63. The third kappa shape index (κ3) is 2.90. The van der Waals surface area contributed by atoms with Crippen molar-refractivity contribution in [3.63, 3.8) is 0 Å². The number of carbonyl (C=O) groups is 1. The average molecular weight is 346 g/mol. The first kappa shape index (κ1) is 16.2. The van der Waals surface area contributed by atoms with Crippen LogP contribution in [0.25, 0.3) is 11.0 Å². The van der Waals surface area contributed by atoms with Crippen molar-refractivity contribution in [2.24, 2.45) is 0 Å². The van der Waals surface area contributed by atoms with Gasteiger partial charge in [0.15, 0.2) is 17.3 Å². The van der Waals surface area contributed by atoms with Crippen LogP contribution in [0, 0.1) is 6.92 Å². The number of methoxy groups -OCH3 is 2. The zero-order valence-corrected chi connectivity index (χ0v) is 14.2. The minimum Gasteiger partial charge on any atom is -0.493 e. The Kier molecular flexibility index (Phi) is 4.36. The van der Waals surface area contributed by atoms with Crippen molar-refractivity contribution >= 4 is 34.2 Å². The summed E-state index contributed by atoms with van der Waals surface area (Å²) < 4.78 is 16.1. The number of carbonyl (C=O) groups excluding carboxylic acids is 1. The number of rotatable bonds is 4. The van der Waals surface area contributed by atoms with Crippen molar-refractivity contribution in [2.45, 2.75) is 6.92 Å². The summed E-state index contributed by atoms with van der Waals surface area (Å²) in [6, 6.07) is 10.4. The molecule has 6 heteroatoms. The summed E-state index contributed by atoms with van der Waals surface area (Å²) in [5, 5.41) is 4.21. The first-order chi connectivity index (χ1) is 11.5. The van der Waals surface area contributed by atoms with Crippen LogP contribution in [-0.4, -0.2) is 20.1 Å². The number of hydrogen-bond donors (Lipinski definition) is 1. The van der Waals surface area contributed by atoms with E-state index >= 15 is 0 Å². The van der Waals surface area contributed by atoms with Gasteiger partial charge in [0.2, 0.25) is 0 Å². The predicted octanol–water partition coefficient (Wildman–Crippen LogP) is 4.66. The zero-order chi connectivity index (χ0) is 17.3. The fourth-order valence-corrected chi connectivity index (χ4v) is 2.68. The lowest BCUT2D eigenvalue weighted by molar-refractivity contribution is 0.0998. The van der Waals surface area contributed by atoms with Crippen LogP contribution in [0.5, 0.6) is 11.5 Å². The summed E-state index contributed by atoms with van der Waals surface area (Å²) in [6.45, 7) is 1.83. The van der Waals surface area contributed by atoms with Gasteiger partial charge >= 0.3 is 0 Å². The number of anilines is 1. The molecule has 0 saturated heterocycles. The molecule has 1 amide bonds. The predicted molar refractivity (Wildman–Crippen MR) is 93.5 cm³/mol. The van der Waals surface area contributed by atoms with Gasteiger partial charge in [-0.1, -0.05) is 11.6 Å². The van der Waals surface area contributed by atoms with Crippen LogP contribution in [0.3, 0.4) is 0 Å². The zero-order valence-electron chi connectivity index (χ0n) is 13.5. The normalized spacial score (nSPS) is 10.7. The minimum absolute atomic E-state index is 0.252. The van der Waals surface area contributed by atoms with E-state index in [4.69, 9.17) is 25.5 Å². The number of halogens is 1. The van der Waals surface area contributed by atoms with Crippen LogP contribution in [0.4, 0.5) is 5.69 Å². The van der Waals surface area contributed by atoms with Crippen LogP contribution in [0.2, 0.25) is 5.02 Å². The Morgan fingerprint density at radius 1 is 1.08 bits per heavy atom. The molecule has 0 spiro atoms. The van der Waals surface area contributed by atoms with Crippen molar-refractivity contribution in [3.05, 3.63) is 52.7 Å². The van der Waals surface area contributed by atoms with E-state index < -0.39 is 0 Å². The van der Waals surface area contributed by atoms with E-state index in [2.05, 4.69) is 5.32 Å². The summed E-state index contributed by atoms with van der Waals surface area (Å²) in [7, 11) is 3.09. The maximum Gasteiger partial charge on any atom is 0.291 e. The third-order valence-corrected chi connectivity index (χ3v) is 3.98. The summed E-state index contributed by atoms with van der Waals surface area (Å²) in [6.07, 6.45) is 0. The lowest BCUT2D eigenvalue weighted by atomic mass is 10.1. The smallest absolute Gasteiger partial charge is 0.291 e. The number of amides is 1. The number of benzene rings is 2. The fourth-order valence-electron chi connectivity index (χ4n) is 2.51. The first-order valence-electron chi connectivity index (χ1n) is 7.25. The van der Waals surface area contributed by atoms with Crippen LogP contribution >= 0.6 is 11.6 Å². The van der Waals surface area contributed by atoms with Crippen molar-refractivity contribution in [2.75, 3.05) is 19.5 Å². The molecule has 0 fully saturated rings. The van der Waals surface area contributed by atoms with Gasteiger partial charge in [0.25, 0.3) is 5.91 Å². The lowest BCUT2D eigenvalue weighted by Gasteiger charge is -2.10. The molecule has 0 saturated carbocycles. The number of fused-ring (bicyclic) bond motifs is 1. The van der Waals surface area contributed by atoms with Gasteiger partial charge in [-0.05, 0) is 37.3 Å². The van der Waals surface area contributed by atoms with Crippen molar-refractivity contribution < 1.29 is 18.7 Å². The Labute approximate surface area is 144 Å². The summed E-state index contributed by atoms with van der Waals surface area (Å²) >= 11 is 6.00. The van der Waals surface area contributed by atoms with Gasteiger partial charge in [0.1, 0.15) is 5.58 Å². The quantitative estimate of drug-likeness (QED) is 0.746. The number of ether oxygens (including phenoxy) is 2. The molecule has 0 atom stereocenters. The molecular formula is C18H16ClNO4. The molecule has 1 aromatic heterocycles. The Hall–Kier alpha value is -2.66. The minimum atomic E-state index is -0.341. The SMILES string of the molecule is COc1ccc(NC(=O)c2oc3ccc(Cl)cc3c2C)cc1OC. The van der Waals surface area contributed by atoms with Crippen molar-refractivity contribution in [3.8, 4) is 11.5 Å². The van der Waals surface area contributed by atoms with Gasteiger partial charge in [-0.25, -0.2) is 0 Å². The highest BCUT2D eigenvalue weighted by Gasteiger charge is 2.18. The second kappa shape index (κ2) is 6.45. The Morgan fingerprint density at radius 3 is 2.54 bits per heavy atom. The van der Waals surface area contributed by atoms with E-state index in [1.807, 2.05) is 6.92 Å². The summed E-state index contributed by atoms with van der Waals surface area (Å²) in [5.74, 6) is 1.03. The molecule has 0 aliphatic heterocycles. The molecule has 5 nitrogen and oxygen atoms in total. The topological polar surface area (TPSA) is 60.7 Å². The van der Waals surface area contributed by atoms with Gasteiger partial charge in [-0.2, -0.15) is 0 Å². The number of nitrogens with one attached hydrogen (secondary N) is 1. The van der Waals surface area contributed by atoms with Crippen LogP contribution in [0.1, 0.15) is 16.1 Å². The average Bonchev–Trinajstić information content (AvgIpc) is 2.91. The summed E-state index contributed by atoms with van der Waals surface area (Å²) in [5.41, 5.74) is 1.94. The molecule has 1 N–H and O–H groups in total. The maximum absolute atomic E-state index is 12.5. The van der Waals surface area contributed by atoms with Crippen LogP contribution in [-0.2, 0) is 0 Å². The molecule has 3 rings (SSSR count). The standard InChI is InChI=1S/C18H16ClNO4/c1-10-13-8-11(19)4-6-14(13)24-17(10)18(21)20-12-5-7-15(22-2)16(9-12)23-3/h4-9H,1-3H3,(H,20,21). The molecule has 0 radical (unpaired) electrons. The Balaban J connectivity index is 1.91. The molecule has 0 aliphatic rings. The fraction of sp³-hybridized carbons (Fsp3) is 0.167. The largest absolute Gasteiger partial charge is 0.493 e. The maximum atomic E-state index is 12.5. The number of hydrogen-bond acceptors (Lipinski definition) is 4. The second-order valence-corrected chi connectivity index (χ2v) is 5.66. The van der Waals surface area contributed by atoms with Gasteiger partial charge in [0.05, 0.1) is 14.2 Å².